The number of carbonyl (C=O) groups is 1. The van der Waals surface area contributed by atoms with Crippen molar-refractivity contribution in [3.05, 3.63) is 42.0 Å². The maximum atomic E-state index is 12.3. The Labute approximate surface area is 116 Å². The lowest BCUT2D eigenvalue weighted by Gasteiger charge is -2.09. The molecule has 0 unspecified atom stereocenters. The van der Waals surface area contributed by atoms with Crippen LogP contribution in [0.2, 0.25) is 0 Å². The highest BCUT2D eigenvalue weighted by Gasteiger charge is 2.39. The van der Waals surface area contributed by atoms with Crippen molar-refractivity contribution in [3.63, 3.8) is 0 Å². The molecular weight excluding hydrogens is 289 g/mol. The Morgan fingerprint density at radius 3 is 1.81 bits per heavy atom. The van der Waals surface area contributed by atoms with E-state index in [9.17, 15) is 33.3 Å². The Bertz CT molecular complexity index is 667. The molecule has 2 aromatic carbocycles. The third-order valence-electron chi connectivity index (χ3n) is 2.77. The summed E-state index contributed by atoms with van der Waals surface area (Å²) in [6.45, 7) is 0. The van der Waals surface area contributed by atoms with Gasteiger partial charge >= 0.3 is 6.18 Å². The summed E-state index contributed by atoms with van der Waals surface area (Å²) < 4.78 is 36.8. The minimum Gasteiger partial charge on any atom is -0.508 e. The van der Waals surface area contributed by atoms with Crippen LogP contribution in [0, 0.1) is 0 Å². The number of alkyl halides is 3. The molecule has 3 N–H and O–H groups in total. The SMILES string of the molecule is O=C(c1ccc(-c2c(O)cc(O)cc2O)cc1)C(F)(F)F. The van der Waals surface area contributed by atoms with Crippen molar-refractivity contribution in [1.29, 1.82) is 0 Å². The summed E-state index contributed by atoms with van der Waals surface area (Å²) in [7, 11) is 0. The number of aromatic hydroxyl groups is 3. The fourth-order valence-corrected chi connectivity index (χ4v) is 1.85. The van der Waals surface area contributed by atoms with Crippen LogP contribution >= 0.6 is 0 Å². The van der Waals surface area contributed by atoms with Crippen LogP contribution in [0.1, 0.15) is 10.4 Å². The number of carbonyl (C=O) groups excluding carboxylic acids is 1. The van der Waals surface area contributed by atoms with Crippen LogP contribution in [0.4, 0.5) is 13.2 Å². The minimum atomic E-state index is -4.97. The molecule has 0 amide bonds. The predicted molar refractivity (Wildman–Crippen MR) is 67.3 cm³/mol. The molecule has 110 valence electrons. The van der Waals surface area contributed by atoms with Gasteiger partial charge in [0.05, 0.1) is 5.56 Å². The summed E-state index contributed by atoms with van der Waals surface area (Å²) in [6.07, 6.45) is -4.97. The molecule has 21 heavy (non-hydrogen) atoms. The maximum absolute atomic E-state index is 12.3. The van der Waals surface area contributed by atoms with E-state index < -0.39 is 29.0 Å². The van der Waals surface area contributed by atoms with Gasteiger partial charge < -0.3 is 15.3 Å². The Balaban J connectivity index is 2.43. The second-order valence-electron chi connectivity index (χ2n) is 4.26. The van der Waals surface area contributed by atoms with Crippen molar-refractivity contribution in [3.8, 4) is 28.4 Å². The van der Waals surface area contributed by atoms with Gasteiger partial charge in [0.1, 0.15) is 17.2 Å². The number of rotatable bonds is 2. The first-order valence-electron chi connectivity index (χ1n) is 5.67. The Kier molecular flexibility index (Phi) is 3.51. The van der Waals surface area contributed by atoms with E-state index in [0.717, 1.165) is 36.4 Å². The molecule has 0 bridgehead atoms. The van der Waals surface area contributed by atoms with E-state index in [-0.39, 0.29) is 16.9 Å². The maximum Gasteiger partial charge on any atom is 0.454 e. The molecule has 0 aliphatic carbocycles. The summed E-state index contributed by atoms with van der Waals surface area (Å²) in [4.78, 5) is 11.0. The lowest BCUT2D eigenvalue weighted by molar-refractivity contribution is -0.0885. The molecule has 0 heterocycles. The number of Topliss-reactive ketones (excluding diaryl/α,β-unsaturated/α-hetero) is 1. The smallest absolute Gasteiger partial charge is 0.454 e. The lowest BCUT2D eigenvalue weighted by Crippen LogP contribution is -2.22. The van der Waals surface area contributed by atoms with Gasteiger partial charge in [0.15, 0.2) is 0 Å². The highest BCUT2D eigenvalue weighted by Crippen LogP contribution is 2.40. The third kappa shape index (κ3) is 2.91. The summed E-state index contributed by atoms with van der Waals surface area (Å²) in [5.74, 6) is -3.23. The second kappa shape index (κ2) is 5.01. The van der Waals surface area contributed by atoms with Crippen LogP contribution < -0.4 is 0 Å². The number of phenols is 3. The predicted octanol–water partition coefficient (Wildman–Crippen LogP) is 3.22. The molecule has 0 saturated carbocycles. The zero-order chi connectivity index (χ0) is 15.8. The van der Waals surface area contributed by atoms with Gasteiger partial charge in [-0.2, -0.15) is 13.2 Å². The molecule has 2 rings (SSSR count). The van der Waals surface area contributed by atoms with E-state index in [2.05, 4.69) is 0 Å². The van der Waals surface area contributed by atoms with Crippen molar-refractivity contribution in [2.45, 2.75) is 6.18 Å². The van der Waals surface area contributed by atoms with Crippen LogP contribution in [0.25, 0.3) is 11.1 Å². The molecule has 0 aliphatic heterocycles. The molecule has 4 nitrogen and oxygen atoms in total. The molecule has 0 aromatic heterocycles. The van der Waals surface area contributed by atoms with Crippen LogP contribution in [0.3, 0.4) is 0 Å². The van der Waals surface area contributed by atoms with E-state index in [4.69, 9.17) is 0 Å². The average molecular weight is 298 g/mol. The van der Waals surface area contributed by atoms with E-state index in [1.165, 1.54) is 0 Å². The number of hydrogen-bond donors (Lipinski definition) is 3. The summed E-state index contributed by atoms with van der Waals surface area (Å²) >= 11 is 0. The topological polar surface area (TPSA) is 77.8 Å². The summed E-state index contributed by atoms with van der Waals surface area (Å²) in [5.41, 5.74) is -0.411. The molecule has 0 aliphatic rings. The van der Waals surface area contributed by atoms with E-state index >= 15 is 0 Å². The van der Waals surface area contributed by atoms with Crippen molar-refractivity contribution >= 4 is 5.78 Å². The van der Waals surface area contributed by atoms with Crippen molar-refractivity contribution in [1.82, 2.24) is 0 Å². The Morgan fingerprint density at radius 1 is 0.905 bits per heavy atom. The molecule has 0 fully saturated rings. The highest BCUT2D eigenvalue weighted by atomic mass is 19.4. The van der Waals surface area contributed by atoms with Gasteiger partial charge in [0.25, 0.3) is 5.78 Å². The quantitative estimate of drug-likeness (QED) is 0.744. The van der Waals surface area contributed by atoms with Crippen LogP contribution in [0.15, 0.2) is 36.4 Å². The molecule has 7 heteroatoms. The zero-order valence-electron chi connectivity index (χ0n) is 10.3. The largest absolute Gasteiger partial charge is 0.508 e. The molecule has 0 spiro atoms. The van der Waals surface area contributed by atoms with Gasteiger partial charge in [-0.05, 0) is 5.56 Å². The zero-order valence-corrected chi connectivity index (χ0v) is 10.3. The van der Waals surface area contributed by atoms with Gasteiger partial charge in [-0.3, -0.25) is 4.79 Å². The first kappa shape index (κ1) is 14.7. The van der Waals surface area contributed by atoms with Crippen LogP contribution in [0.5, 0.6) is 17.2 Å². The average Bonchev–Trinajstić information content (AvgIpc) is 2.36. The number of benzene rings is 2. The van der Waals surface area contributed by atoms with E-state index in [1.54, 1.807) is 0 Å². The van der Waals surface area contributed by atoms with Crippen molar-refractivity contribution in [2.24, 2.45) is 0 Å². The lowest BCUT2D eigenvalue weighted by atomic mass is 10.0. The van der Waals surface area contributed by atoms with Gasteiger partial charge in [-0.1, -0.05) is 24.3 Å². The standard InChI is InChI=1S/C14H9F3O4/c15-14(16,17)13(21)8-3-1-7(2-4-8)12-10(19)5-9(18)6-11(12)20/h1-6,18-20H. The van der Waals surface area contributed by atoms with Crippen molar-refractivity contribution in [2.75, 3.05) is 0 Å². The van der Waals surface area contributed by atoms with Crippen LogP contribution in [-0.4, -0.2) is 27.3 Å². The van der Waals surface area contributed by atoms with E-state index in [0.29, 0.717) is 0 Å². The number of halogens is 3. The normalized spacial score (nSPS) is 11.4. The highest BCUT2D eigenvalue weighted by molar-refractivity contribution is 6.00. The van der Waals surface area contributed by atoms with Gasteiger partial charge in [-0.15, -0.1) is 0 Å². The number of hydrogen-bond acceptors (Lipinski definition) is 4. The molecule has 0 saturated heterocycles. The molecule has 0 radical (unpaired) electrons. The Hall–Kier alpha value is -2.70. The molecule has 2 aromatic rings. The molecule has 0 atom stereocenters. The first-order valence-corrected chi connectivity index (χ1v) is 5.67. The Morgan fingerprint density at radius 2 is 1.38 bits per heavy atom. The van der Waals surface area contributed by atoms with Gasteiger partial charge in [-0.25, -0.2) is 0 Å². The van der Waals surface area contributed by atoms with Crippen molar-refractivity contribution < 1.29 is 33.3 Å². The number of ketones is 1. The second-order valence-corrected chi connectivity index (χ2v) is 4.26. The first-order chi connectivity index (χ1) is 9.70. The number of phenolic OH excluding ortho intramolecular Hbond substituents is 3. The van der Waals surface area contributed by atoms with Gasteiger partial charge in [0.2, 0.25) is 0 Å². The fraction of sp³-hybridized carbons (Fsp3) is 0.0714. The van der Waals surface area contributed by atoms with E-state index in [1.807, 2.05) is 0 Å². The fourth-order valence-electron chi connectivity index (χ4n) is 1.85. The minimum absolute atomic E-state index is 0.0567. The monoisotopic (exact) mass is 298 g/mol. The summed E-state index contributed by atoms with van der Waals surface area (Å²) in [5, 5.41) is 28.5. The third-order valence-corrected chi connectivity index (χ3v) is 2.77. The van der Waals surface area contributed by atoms with Crippen LogP contribution in [-0.2, 0) is 0 Å². The van der Waals surface area contributed by atoms with Gasteiger partial charge in [0, 0.05) is 17.7 Å². The molecular formula is C14H9F3O4. The summed E-state index contributed by atoms with van der Waals surface area (Å²) in [6, 6.07) is 6.15.